The third-order valence-corrected chi connectivity index (χ3v) is 3.17. The van der Waals surface area contributed by atoms with Crippen LogP contribution in [0.4, 0.5) is 4.79 Å². The summed E-state index contributed by atoms with van der Waals surface area (Å²) in [5.41, 5.74) is -0.523. The number of hydrogen-bond acceptors (Lipinski definition) is 3. The topological polar surface area (TPSA) is 46.6 Å². The summed E-state index contributed by atoms with van der Waals surface area (Å²) in [6.07, 6.45) is 1.24. The van der Waals surface area contributed by atoms with Crippen LogP contribution in [0.1, 0.15) is 54.4 Å². The summed E-state index contributed by atoms with van der Waals surface area (Å²) in [4.78, 5) is 25.9. The molecule has 0 saturated carbocycles. The fourth-order valence-corrected chi connectivity index (χ4v) is 2.27. The first-order chi connectivity index (χ1) is 8.13. The molecular formula is C14H25NO3. The number of ether oxygens (including phenoxy) is 1. The fourth-order valence-electron chi connectivity index (χ4n) is 2.27. The van der Waals surface area contributed by atoms with Gasteiger partial charge in [0.15, 0.2) is 5.78 Å². The predicted molar refractivity (Wildman–Crippen MR) is 70.4 cm³/mol. The molecule has 4 nitrogen and oxygen atoms in total. The second kappa shape index (κ2) is 5.29. The number of ketones is 1. The molecule has 0 spiro atoms. The van der Waals surface area contributed by atoms with E-state index in [9.17, 15) is 9.59 Å². The molecule has 2 atom stereocenters. The summed E-state index contributed by atoms with van der Waals surface area (Å²) >= 11 is 0. The molecule has 0 bridgehead atoms. The maximum atomic E-state index is 12.2. The highest BCUT2D eigenvalue weighted by atomic mass is 16.6. The minimum atomic E-state index is -0.523. The van der Waals surface area contributed by atoms with Crippen LogP contribution in [0, 0.1) is 5.92 Å². The lowest BCUT2D eigenvalue weighted by Gasteiger charge is -2.31. The van der Waals surface area contributed by atoms with Crippen LogP contribution in [-0.4, -0.2) is 34.5 Å². The Morgan fingerprint density at radius 2 is 1.78 bits per heavy atom. The van der Waals surface area contributed by atoms with Crippen LogP contribution in [0.2, 0.25) is 0 Å². The van der Waals surface area contributed by atoms with E-state index in [-0.39, 0.29) is 29.9 Å². The zero-order valence-electron chi connectivity index (χ0n) is 12.3. The molecule has 0 radical (unpaired) electrons. The third kappa shape index (κ3) is 3.47. The standard InChI is InChI=1S/C14H25NO3/c1-9(2)12(16)11-8-7-10(3)15(11)13(17)18-14(4,5)6/h9-11H,7-8H2,1-6H3/t10-,11?/m0/s1. The molecule has 1 heterocycles. The first-order valence-electron chi connectivity index (χ1n) is 6.68. The van der Waals surface area contributed by atoms with Crippen molar-refractivity contribution in [3.63, 3.8) is 0 Å². The van der Waals surface area contributed by atoms with Crippen molar-refractivity contribution in [2.24, 2.45) is 5.92 Å². The van der Waals surface area contributed by atoms with Gasteiger partial charge < -0.3 is 4.74 Å². The molecule has 0 aromatic rings. The first-order valence-corrected chi connectivity index (χ1v) is 6.68. The quantitative estimate of drug-likeness (QED) is 0.762. The van der Waals surface area contributed by atoms with Gasteiger partial charge in [-0.1, -0.05) is 13.8 Å². The lowest BCUT2D eigenvalue weighted by Crippen LogP contribution is -2.47. The molecule has 1 aliphatic heterocycles. The minimum Gasteiger partial charge on any atom is -0.444 e. The average molecular weight is 255 g/mol. The van der Waals surface area contributed by atoms with Gasteiger partial charge in [0.1, 0.15) is 5.60 Å². The van der Waals surface area contributed by atoms with Crippen molar-refractivity contribution >= 4 is 11.9 Å². The molecule has 0 aromatic heterocycles. The average Bonchev–Trinajstić information content (AvgIpc) is 2.56. The van der Waals surface area contributed by atoms with Crippen molar-refractivity contribution in [2.45, 2.75) is 72.1 Å². The van der Waals surface area contributed by atoms with Crippen molar-refractivity contribution < 1.29 is 14.3 Å². The van der Waals surface area contributed by atoms with Gasteiger partial charge in [0.25, 0.3) is 0 Å². The molecule has 18 heavy (non-hydrogen) atoms. The summed E-state index contributed by atoms with van der Waals surface area (Å²) < 4.78 is 5.39. The summed E-state index contributed by atoms with van der Waals surface area (Å²) in [5, 5.41) is 0. The highest BCUT2D eigenvalue weighted by molar-refractivity contribution is 5.89. The van der Waals surface area contributed by atoms with Crippen LogP contribution in [0.5, 0.6) is 0 Å². The van der Waals surface area contributed by atoms with Gasteiger partial charge in [-0.15, -0.1) is 0 Å². The van der Waals surface area contributed by atoms with E-state index in [0.29, 0.717) is 0 Å². The van der Waals surface area contributed by atoms with Crippen molar-refractivity contribution in [1.29, 1.82) is 0 Å². The van der Waals surface area contributed by atoms with E-state index in [1.807, 2.05) is 41.5 Å². The smallest absolute Gasteiger partial charge is 0.411 e. The molecular weight excluding hydrogens is 230 g/mol. The molecule has 0 N–H and O–H groups in total. The molecule has 1 unspecified atom stereocenters. The SMILES string of the molecule is CC(C)C(=O)C1CC[C@H](C)N1C(=O)OC(C)(C)C. The van der Waals surface area contributed by atoms with Crippen LogP contribution < -0.4 is 0 Å². The molecule has 0 aromatic carbocycles. The Labute approximate surface area is 110 Å². The van der Waals surface area contributed by atoms with Crippen molar-refractivity contribution in [3.8, 4) is 0 Å². The fraction of sp³-hybridized carbons (Fsp3) is 0.857. The van der Waals surface area contributed by atoms with E-state index in [4.69, 9.17) is 4.74 Å². The number of rotatable bonds is 2. The largest absolute Gasteiger partial charge is 0.444 e. The highest BCUT2D eigenvalue weighted by Crippen LogP contribution is 2.28. The summed E-state index contributed by atoms with van der Waals surface area (Å²) in [6, 6.07) is -0.234. The Morgan fingerprint density at radius 3 is 2.22 bits per heavy atom. The molecule has 1 rings (SSSR count). The van der Waals surface area contributed by atoms with Crippen molar-refractivity contribution in [3.05, 3.63) is 0 Å². The molecule has 1 aliphatic rings. The zero-order chi connectivity index (χ0) is 14.1. The van der Waals surface area contributed by atoms with Crippen molar-refractivity contribution in [2.75, 3.05) is 0 Å². The number of Topliss-reactive ketones (excluding diaryl/α,β-unsaturated/α-hetero) is 1. The Hall–Kier alpha value is -1.06. The van der Waals surface area contributed by atoms with E-state index in [0.717, 1.165) is 12.8 Å². The number of likely N-dealkylation sites (tertiary alicyclic amines) is 1. The second-order valence-corrected chi connectivity index (χ2v) is 6.39. The number of amides is 1. The van der Waals surface area contributed by atoms with E-state index in [1.54, 1.807) is 4.90 Å². The monoisotopic (exact) mass is 255 g/mol. The summed E-state index contributed by atoms with van der Waals surface area (Å²) in [6.45, 7) is 11.2. The normalized spacial score (nSPS) is 24.5. The number of carbonyl (C=O) groups excluding carboxylic acids is 2. The van der Waals surface area contributed by atoms with Crippen LogP contribution in [0.3, 0.4) is 0 Å². The molecule has 0 aliphatic carbocycles. The van der Waals surface area contributed by atoms with Gasteiger partial charge in [-0.3, -0.25) is 9.69 Å². The summed E-state index contributed by atoms with van der Waals surface area (Å²) in [7, 11) is 0. The second-order valence-electron chi connectivity index (χ2n) is 6.39. The number of carbonyl (C=O) groups is 2. The molecule has 4 heteroatoms. The Kier molecular flexibility index (Phi) is 4.41. The first kappa shape index (κ1) is 15.0. The molecule has 104 valence electrons. The van der Waals surface area contributed by atoms with Crippen LogP contribution in [0.15, 0.2) is 0 Å². The third-order valence-electron chi connectivity index (χ3n) is 3.17. The highest BCUT2D eigenvalue weighted by Gasteiger charge is 2.41. The summed E-state index contributed by atoms with van der Waals surface area (Å²) in [5.74, 6) is 0.0791. The maximum Gasteiger partial charge on any atom is 0.411 e. The molecule has 1 fully saturated rings. The van der Waals surface area contributed by atoms with Gasteiger partial charge >= 0.3 is 6.09 Å². The van der Waals surface area contributed by atoms with Gasteiger partial charge in [-0.05, 0) is 40.5 Å². The lowest BCUT2D eigenvalue weighted by molar-refractivity contribution is -0.126. The van der Waals surface area contributed by atoms with E-state index < -0.39 is 5.60 Å². The van der Waals surface area contributed by atoms with Gasteiger partial charge in [0, 0.05) is 12.0 Å². The predicted octanol–water partition coefficient (Wildman–Crippen LogP) is 3.00. The maximum absolute atomic E-state index is 12.2. The van der Waals surface area contributed by atoms with E-state index in [1.165, 1.54) is 0 Å². The van der Waals surface area contributed by atoms with Gasteiger partial charge in [0.2, 0.25) is 0 Å². The zero-order valence-corrected chi connectivity index (χ0v) is 12.3. The number of hydrogen-bond donors (Lipinski definition) is 0. The Bertz CT molecular complexity index is 330. The molecule has 1 amide bonds. The van der Waals surface area contributed by atoms with Gasteiger partial charge in [0.05, 0.1) is 6.04 Å². The lowest BCUT2D eigenvalue weighted by atomic mass is 10.0. The molecule has 1 saturated heterocycles. The number of nitrogens with zero attached hydrogens (tertiary/aromatic N) is 1. The van der Waals surface area contributed by atoms with Crippen LogP contribution >= 0.6 is 0 Å². The van der Waals surface area contributed by atoms with E-state index in [2.05, 4.69) is 0 Å². The Morgan fingerprint density at radius 1 is 1.22 bits per heavy atom. The Balaban J connectivity index is 2.82. The van der Waals surface area contributed by atoms with Crippen LogP contribution in [-0.2, 0) is 9.53 Å². The van der Waals surface area contributed by atoms with Crippen molar-refractivity contribution in [1.82, 2.24) is 4.90 Å². The van der Waals surface area contributed by atoms with E-state index >= 15 is 0 Å². The van der Waals surface area contributed by atoms with Gasteiger partial charge in [-0.25, -0.2) is 4.79 Å². The van der Waals surface area contributed by atoms with Crippen LogP contribution in [0.25, 0.3) is 0 Å². The minimum absolute atomic E-state index is 0.0507. The van der Waals surface area contributed by atoms with Gasteiger partial charge in [-0.2, -0.15) is 0 Å².